The summed E-state index contributed by atoms with van der Waals surface area (Å²) in [6.45, 7) is 7.95. The normalized spacial score (nSPS) is 14.4. The highest BCUT2D eigenvalue weighted by atomic mass is 127. The van der Waals surface area contributed by atoms with Crippen molar-refractivity contribution >= 4 is 51.9 Å². The first-order valence-electron chi connectivity index (χ1n) is 14.7. The number of carbonyl (C=O) groups is 2. The minimum absolute atomic E-state index is 0.192. The van der Waals surface area contributed by atoms with Crippen molar-refractivity contribution in [3.05, 3.63) is 123 Å². The molecule has 238 valence electrons. The fourth-order valence-electron chi connectivity index (χ4n) is 5.11. The van der Waals surface area contributed by atoms with Crippen LogP contribution in [0.5, 0.6) is 11.5 Å². The van der Waals surface area contributed by atoms with E-state index in [4.69, 9.17) is 18.9 Å². The average Bonchev–Trinajstić information content (AvgIpc) is 3.34. The highest BCUT2D eigenvalue weighted by Gasteiger charge is 2.33. The van der Waals surface area contributed by atoms with Crippen LogP contribution < -0.4 is 24.4 Å². The van der Waals surface area contributed by atoms with Crippen LogP contribution in [-0.4, -0.2) is 36.8 Å². The molecule has 0 saturated carbocycles. The molecule has 1 aliphatic rings. The number of allylic oxidation sites excluding steroid dienone is 1. The topological polar surface area (TPSA) is 105 Å². The standard InChI is InChI=1S/C35H33IN2O7S/c1-6-43-33(40)24-14-10-22(11-15-24)19-45-31-25(16-26(36)18-27(31)42-5)17-28-32(39)38-30(23-12-8-20(3)9-13-23)29(34(41)44-7-2)21(4)37-35(38)46-28/h8-18,30H,6-7,19H2,1-5H3/b28-17-/t30-/m1/s1. The average molecular weight is 753 g/mol. The molecule has 1 atom stereocenters. The van der Waals surface area contributed by atoms with Crippen LogP contribution in [0.3, 0.4) is 0 Å². The fraction of sp³-hybridized carbons (Fsp3) is 0.257. The zero-order valence-electron chi connectivity index (χ0n) is 26.1. The number of hydrogen-bond donors (Lipinski definition) is 0. The molecule has 46 heavy (non-hydrogen) atoms. The van der Waals surface area contributed by atoms with Gasteiger partial charge in [0.25, 0.3) is 5.56 Å². The van der Waals surface area contributed by atoms with E-state index in [0.29, 0.717) is 49.8 Å². The molecule has 2 heterocycles. The first-order valence-corrected chi connectivity index (χ1v) is 16.6. The monoisotopic (exact) mass is 752 g/mol. The van der Waals surface area contributed by atoms with Gasteiger partial charge in [-0.1, -0.05) is 53.3 Å². The van der Waals surface area contributed by atoms with Crippen molar-refractivity contribution in [1.82, 2.24) is 4.57 Å². The molecule has 0 unspecified atom stereocenters. The van der Waals surface area contributed by atoms with Crippen LogP contribution in [0, 0.1) is 10.5 Å². The summed E-state index contributed by atoms with van der Waals surface area (Å²) in [6.07, 6.45) is 1.77. The van der Waals surface area contributed by atoms with Gasteiger partial charge in [0.15, 0.2) is 16.3 Å². The number of carbonyl (C=O) groups excluding carboxylic acids is 2. The van der Waals surface area contributed by atoms with Gasteiger partial charge in [0, 0.05) is 9.13 Å². The number of nitrogens with zero attached hydrogens (tertiary/aromatic N) is 2. The van der Waals surface area contributed by atoms with Crippen LogP contribution >= 0.6 is 33.9 Å². The molecule has 11 heteroatoms. The van der Waals surface area contributed by atoms with E-state index >= 15 is 0 Å². The van der Waals surface area contributed by atoms with Crippen LogP contribution in [0.4, 0.5) is 0 Å². The number of halogens is 1. The van der Waals surface area contributed by atoms with E-state index in [0.717, 1.165) is 20.3 Å². The molecule has 1 aromatic heterocycles. The molecule has 0 aliphatic carbocycles. The lowest BCUT2D eigenvalue weighted by Gasteiger charge is -2.24. The molecule has 0 N–H and O–H groups in total. The number of benzene rings is 3. The van der Waals surface area contributed by atoms with E-state index in [1.54, 1.807) is 62.8 Å². The Hall–Kier alpha value is -4.23. The minimum Gasteiger partial charge on any atom is -0.493 e. The molecule has 5 rings (SSSR count). The Bertz CT molecular complexity index is 1990. The van der Waals surface area contributed by atoms with E-state index in [2.05, 4.69) is 27.6 Å². The van der Waals surface area contributed by atoms with Gasteiger partial charge in [-0.2, -0.15) is 0 Å². The van der Waals surface area contributed by atoms with Crippen molar-refractivity contribution in [2.75, 3.05) is 20.3 Å². The Balaban J connectivity index is 1.58. The van der Waals surface area contributed by atoms with Gasteiger partial charge in [-0.3, -0.25) is 9.36 Å². The summed E-state index contributed by atoms with van der Waals surface area (Å²) < 4.78 is 25.3. The summed E-state index contributed by atoms with van der Waals surface area (Å²) in [6, 6.07) is 17.8. The summed E-state index contributed by atoms with van der Waals surface area (Å²) in [7, 11) is 1.56. The number of aryl methyl sites for hydroxylation is 1. The van der Waals surface area contributed by atoms with E-state index in [-0.39, 0.29) is 24.7 Å². The Morgan fingerprint density at radius 2 is 1.65 bits per heavy atom. The van der Waals surface area contributed by atoms with Crippen LogP contribution in [0.1, 0.15) is 59.4 Å². The minimum atomic E-state index is -0.697. The number of thiazole rings is 1. The summed E-state index contributed by atoms with van der Waals surface area (Å²) in [4.78, 5) is 44.6. The molecule has 0 amide bonds. The molecule has 4 aromatic rings. The summed E-state index contributed by atoms with van der Waals surface area (Å²) in [5.74, 6) is 0.0814. The number of rotatable bonds is 10. The molecule has 3 aromatic carbocycles. The van der Waals surface area contributed by atoms with Gasteiger partial charge in [0.1, 0.15) is 6.61 Å². The molecule has 0 bridgehead atoms. The van der Waals surface area contributed by atoms with Gasteiger partial charge >= 0.3 is 11.9 Å². The van der Waals surface area contributed by atoms with Crippen LogP contribution in [0.15, 0.2) is 81.7 Å². The Morgan fingerprint density at radius 1 is 0.978 bits per heavy atom. The third-order valence-electron chi connectivity index (χ3n) is 7.31. The smallest absolute Gasteiger partial charge is 0.338 e. The Kier molecular flexibility index (Phi) is 10.4. The largest absolute Gasteiger partial charge is 0.493 e. The maximum Gasteiger partial charge on any atom is 0.338 e. The molecule has 9 nitrogen and oxygen atoms in total. The molecule has 0 radical (unpaired) electrons. The lowest BCUT2D eigenvalue weighted by molar-refractivity contribution is -0.139. The van der Waals surface area contributed by atoms with Gasteiger partial charge in [-0.05, 0) is 91.8 Å². The van der Waals surface area contributed by atoms with Crippen molar-refractivity contribution < 1.29 is 28.5 Å². The van der Waals surface area contributed by atoms with Gasteiger partial charge in [0.05, 0.1) is 47.7 Å². The first-order chi connectivity index (χ1) is 22.1. The van der Waals surface area contributed by atoms with E-state index in [9.17, 15) is 14.4 Å². The van der Waals surface area contributed by atoms with Crippen LogP contribution in [0.25, 0.3) is 6.08 Å². The summed E-state index contributed by atoms with van der Waals surface area (Å²) in [5.41, 5.74) is 4.32. The first kappa shape index (κ1) is 33.1. The molecule has 0 saturated heterocycles. The second kappa shape index (κ2) is 14.5. The lowest BCUT2D eigenvalue weighted by Crippen LogP contribution is -2.39. The third kappa shape index (κ3) is 6.95. The number of aromatic nitrogens is 1. The maximum atomic E-state index is 14.2. The summed E-state index contributed by atoms with van der Waals surface area (Å²) >= 11 is 3.43. The number of hydrogen-bond acceptors (Lipinski definition) is 9. The van der Waals surface area contributed by atoms with E-state index < -0.39 is 12.0 Å². The second-order valence-corrected chi connectivity index (χ2v) is 12.7. The second-order valence-electron chi connectivity index (χ2n) is 10.4. The van der Waals surface area contributed by atoms with Crippen molar-refractivity contribution in [3.8, 4) is 11.5 Å². The van der Waals surface area contributed by atoms with E-state index in [1.165, 1.54) is 11.3 Å². The van der Waals surface area contributed by atoms with Gasteiger partial charge in [-0.15, -0.1) is 0 Å². The van der Waals surface area contributed by atoms with Gasteiger partial charge in [-0.25, -0.2) is 14.6 Å². The molecule has 0 fully saturated rings. The van der Waals surface area contributed by atoms with E-state index in [1.807, 2.05) is 43.3 Å². The predicted molar refractivity (Wildman–Crippen MR) is 184 cm³/mol. The van der Waals surface area contributed by atoms with Crippen LogP contribution in [-0.2, 0) is 20.9 Å². The van der Waals surface area contributed by atoms with Crippen LogP contribution in [0.2, 0.25) is 0 Å². The van der Waals surface area contributed by atoms with Crippen molar-refractivity contribution in [3.63, 3.8) is 0 Å². The van der Waals surface area contributed by atoms with Crippen molar-refractivity contribution in [2.45, 2.75) is 40.3 Å². The molecular formula is C35H33IN2O7S. The summed E-state index contributed by atoms with van der Waals surface area (Å²) in [5, 5.41) is 0. The quantitative estimate of drug-likeness (QED) is 0.156. The zero-order chi connectivity index (χ0) is 33.0. The number of fused-ring (bicyclic) bond motifs is 1. The SMILES string of the molecule is CCOC(=O)C1=C(C)N=c2s/c(=C\c3cc(I)cc(OC)c3OCc3ccc(C(=O)OCC)cc3)c(=O)n2[C@@H]1c1ccc(C)cc1. The highest BCUT2D eigenvalue weighted by molar-refractivity contribution is 14.1. The Labute approximate surface area is 283 Å². The zero-order valence-corrected chi connectivity index (χ0v) is 29.1. The number of methoxy groups -OCH3 is 1. The highest BCUT2D eigenvalue weighted by Crippen LogP contribution is 2.35. The number of ether oxygens (including phenoxy) is 4. The third-order valence-corrected chi connectivity index (χ3v) is 8.92. The van der Waals surface area contributed by atoms with Crippen molar-refractivity contribution in [1.29, 1.82) is 0 Å². The van der Waals surface area contributed by atoms with Gasteiger partial charge in [0.2, 0.25) is 0 Å². The fourth-order valence-corrected chi connectivity index (χ4v) is 6.76. The number of esters is 2. The van der Waals surface area contributed by atoms with Gasteiger partial charge < -0.3 is 18.9 Å². The molecule has 0 spiro atoms. The Morgan fingerprint density at radius 3 is 2.30 bits per heavy atom. The lowest BCUT2D eigenvalue weighted by atomic mass is 9.95. The molecular weight excluding hydrogens is 719 g/mol. The van der Waals surface area contributed by atoms with Crippen molar-refractivity contribution in [2.24, 2.45) is 4.99 Å². The molecule has 1 aliphatic heterocycles. The maximum absolute atomic E-state index is 14.2. The predicted octanol–water partition coefficient (Wildman–Crippen LogP) is 5.48.